The van der Waals surface area contributed by atoms with Gasteiger partial charge in [-0.2, -0.15) is 9.78 Å². The number of carbonyl (C=O) groups excluding carboxylic acids is 2. The summed E-state index contributed by atoms with van der Waals surface area (Å²) in [5.41, 5.74) is -4.60. The van der Waals surface area contributed by atoms with Gasteiger partial charge < -0.3 is 9.84 Å². The molecule has 0 fully saturated rings. The van der Waals surface area contributed by atoms with E-state index >= 15 is 0 Å². The second-order valence-corrected chi connectivity index (χ2v) is 12.1. The quantitative estimate of drug-likeness (QED) is 0.178. The van der Waals surface area contributed by atoms with E-state index in [0.29, 0.717) is 0 Å². The molecular weight excluding hydrogens is 448 g/mol. The van der Waals surface area contributed by atoms with Gasteiger partial charge in [-0.15, -0.1) is 4.89 Å². The van der Waals surface area contributed by atoms with E-state index in [2.05, 4.69) is 0 Å². The summed E-state index contributed by atoms with van der Waals surface area (Å²) < 4.78 is 5.41. The highest BCUT2D eigenvalue weighted by Gasteiger charge is 2.52. The molecule has 0 rings (SSSR count). The minimum absolute atomic E-state index is 0.228. The van der Waals surface area contributed by atoms with Gasteiger partial charge in [-0.25, -0.2) is 19.4 Å². The second-order valence-electron chi connectivity index (χ2n) is 12.1. The molecule has 0 aromatic carbocycles. The molecule has 0 radical (unpaired) electrons. The molecule has 0 spiro atoms. The predicted molar refractivity (Wildman–Crippen MR) is 123 cm³/mol. The molecule has 0 bridgehead atoms. The molecule has 3 unspecified atom stereocenters. The van der Waals surface area contributed by atoms with Gasteiger partial charge in [-0.05, 0) is 41.5 Å². The lowest BCUT2D eigenvalue weighted by Crippen LogP contribution is -2.54. The van der Waals surface area contributed by atoms with Gasteiger partial charge in [0.25, 0.3) is 0 Å². The van der Waals surface area contributed by atoms with Gasteiger partial charge in [0.2, 0.25) is 12.6 Å². The Morgan fingerprint density at radius 1 is 0.706 bits per heavy atom. The SMILES string of the molecule is CC(C)C(OOC(=O)CC(O)(C(=O)OC(OOC(C)(C)C)C(C)C)C(C)(C)C)OOC(C)(C)C. The van der Waals surface area contributed by atoms with E-state index < -0.39 is 53.2 Å². The summed E-state index contributed by atoms with van der Waals surface area (Å²) in [5.74, 6) is -2.57. The number of esters is 1. The zero-order valence-corrected chi connectivity index (χ0v) is 23.1. The van der Waals surface area contributed by atoms with Gasteiger partial charge in [0.15, 0.2) is 5.60 Å². The van der Waals surface area contributed by atoms with E-state index in [4.69, 9.17) is 34.1 Å². The molecule has 0 saturated carbocycles. The maximum absolute atomic E-state index is 13.0. The van der Waals surface area contributed by atoms with Crippen LogP contribution in [-0.4, -0.2) is 46.4 Å². The van der Waals surface area contributed by atoms with E-state index in [1.165, 1.54) is 0 Å². The number of rotatable bonds is 12. The highest BCUT2D eigenvalue weighted by molar-refractivity contribution is 5.86. The van der Waals surface area contributed by atoms with Gasteiger partial charge in [-0.1, -0.05) is 48.5 Å². The fourth-order valence-corrected chi connectivity index (χ4v) is 2.07. The van der Waals surface area contributed by atoms with Crippen LogP contribution >= 0.6 is 0 Å². The van der Waals surface area contributed by atoms with Crippen molar-refractivity contribution in [2.75, 3.05) is 0 Å². The molecule has 202 valence electrons. The zero-order chi connectivity index (χ0) is 27.1. The largest absolute Gasteiger partial charge is 0.430 e. The van der Waals surface area contributed by atoms with E-state index in [-0.39, 0.29) is 11.8 Å². The second kappa shape index (κ2) is 12.6. The minimum Gasteiger partial charge on any atom is -0.430 e. The number of carbonyl (C=O) groups is 2. The lowest BCUT2D eigenvalue weighted by molar-refractivity contribution is -0.477. The molecule has 0 aromatic rings. The average Bonchev–Trinajstić information content (AvgIpc) is 2.61. The third-order valence-electron chi connectivity index (χ3n) is 4.31. The molecule has 10 heteroatoms. The Labute approximate surface area is 204 Å². The number of ether oxygens (including phenoxy) is 1. The van der Waals surface area contributed by atoms with E-state index in [0.717, 1.165) is 0 Å². The Kier molecular flexibility index (Phi) is 12.1. The van der Waals surface area contributed by atoms with Gasteiger partial charge in [0.05, 0.1) is 17.6 Å². The topological polar surface area (TPSA) is 119 Å². The van der Waals surface area contributed by atoms with Crippen molar-refractivity contribution in [1.29, 1.82) is 0 Å². The van der Waals surface area contributed by atoms with Crippen LogP contribution in [0.2, 0.25) is 0 Å². The first kappa shape index (κ1) is 32.7. The van der Waals surface area contributed by atoms with Gasteiger partial charge >= 0.3 is 11.9 Å². The van der Waals surface area contributed by atoms with Crippen molar-refractivity contribution in [2.45, 2.75) is 126 Å². The highest BCUT2D eigenvalue weighted by atomic mass is 17.3. The third-order valence-corrected chi connectivity index (χ3v) is 4.31. The Bertz CT molecular complexity index is 640. The lowest BCUT2D eigenvalue weighted by Gasteiger charge is -2.38. The maximum Gasteiger partial charge on any atom is 0.346 e. The van der Waals surface area contributed by atoms with E-state index in [9.17, 15) is 14.7 Å². The maximum atomic E-state index is 13.0. The van der Waals surface area contributed by atoms with Crippen molar-refractivity contribution < 1.29 is 48.8 Å². The number of hydrogen-bond donors (Lipinski definition) is 1. The van der Waals surface area contributed by atoms with Crippen LogP contribution in [0.25, 0.3) is 0 Å². The molecule has 34 heavy (non-hydrogen) atoms. The number of hydrogen-bond acceptors (Lipinski definition) is 10. The minimum atomic E-state index is -2.25. The molecule has 0 amide bonds. The van der Waals surface area contributed by atoms with Crippen molar-refractivity contribution in [2.24, 2.45) is 17.3 Å². The van der Waals surface area contributed by atoms with Crippen LogP contribution in [0.1, 0.15) is 96.4 Å². The first-order valence-corrected chi connectivity index (χ1v) is 11.6. The van der Waals surface area contributed by atoms with Crippen LogP contribution in [0.3, 0.4) is 0 Å². The van der Waals surface area contributed by atoms with Crippen LogP contribution in [0.4, 0.5) is 0 Å². The Morgan fingerprint density at radius 3 is 1.47 bits per heavy atom. The molecule has 0 aliphatic rings. The van der Waals surface area contributed by atoms with Gasteiger partial charge in [-0.3, -0.25) is 4.89 Å². The van der Waals surface area contributed by atoms with Crippen molar-refractivity contribution in [3.8, 4) is 0 Å². The fraction of sp³-hybridized carbons (Fsp3) is 0.917. The monoisotopic (exact) mass is 494 g/mol. The van der Waals surface area contributed by atoms with Crippen molar-refractivity contribution in [1.82, 2.24) is 0 Å². The first-order valence-electron chi connectivity index (χ1n) is 11.6. The summed E-state index contributed by atoms with van der Waals surface area (Å²) >= 11 is 0. The van der Waals surface area contributed by atoms with E-state index in [1.54, 1.807) is 90.0 Å². The normalized spacial score (nSPS) is 16.8. The first-order chi connectivity index (χ1) is 15.1. The summed E-state index contributed by atoms with van der Waals surface area (Å²) in [6.07, 6.45) is -2.86. The van der Waals surface area contributed by atoms with Gasteiger partial charge in [0, 0.05) is 17.3 Å². The summed E-state index contributed by atoms with van der Waals surface area (Å²) in [4.78, 5) is 56.5. The Hall–Kier alpha value is -1.30. The lowest BCUT2D eigenvalue weighted by atomic mass is 9.74. The molecule has 0 aliphatic heterocycles. The van der Waals surface area contributed by atoms with Crippen molar-refractivity contribution in [3.05, 3.63) is 0 Å². The highest BCUT2D eigenvalue weighted by Crippen LogP contribution is 2.36. The standard InChI is InChI=1S/C24H46O10/c1-15(2)18(31-33-22(8,9)10)28-20(26)24(27,21(5,6)7)14-17(25)29-30-19(16(3)4)32-34-23(11,12)13/h15-16,18-19,27H,14H2,1-13H3. The summed E-state index contributed by atoms with van der Waals surface area (Å²) in [5, 5.41) is 11.2. The summed E-state index contributed by atoms with van der Waals surface area (Å²) in [6, 6.07) is 0. The van der Waals surface area contributed by atoms with Crippen LogP contribution in [-0.2, 0) is 43.7 Å². The Balaban J connectivity index is 5.37. The van der Waals surface area contributed by atoms with Crippen LogP contribution < -0.4 is 0 Å². The summed E-state index contributed by atoms with van der Waals surface area (Å²) in [7, 11) is 0. The van der Waals surface area contributed by atoms with Gasteiger partial charge in [0.1, 0.15) is 0 Å². The van der Waals surface area contributed by atoms with Crippen LogP contribution in [0.15, 0.2) is 0 Å². The molecular formula is C24H46O10. The average molecular weight is 495 g/mol. The van der Waals surface area contributed by atoms with Crippen LogP contribution in [0.5, 0.6) is 0 Å². The van der Waals surface area contributed by atoms with Crippen molar-refractivity contribution in [3.63, 3.8) is 0 Å². The Morgan fingerprint density at radius 2 is 1.12 bits per heavy atom. The smallest absolute Gasteiger partial charge is 0.346 e. The third kappa shape index (κ3) is 11.9. The zero-order valence-electron chi connectivity index (χ0n) is 23.1. The van der Waals surface area contributed by atoms with Crippen molar-refractivity contribution >= 4 is 11.9 Å². The predicted octanol–water partition coefficient (Wildman–Crippen LogP) is 4.63. The molecule has 0 aromatic heterocycles. The molecule has 3 atom stereocenters. The molecule has 0 heterocycles. The fourth-order valence-electron chi connectivity index (χ4n) is 2.07. The molecule has 0 aliphatic carbocycles. The van der Waals surface area contributed by atoms with E-state index in [1.807, 2.05) is 0 Å². The summed E-state index contributed by atoms with van der Waals surface area (Å²) in [6.45, 7) is 22.5. The molecule has 1 N–H and O–H groups in total. The molecule has 10 nitrogen and oxygen atoms in total. The molecule has 0 saturated heterocycles. The van der Waals surface area contributed by atoms with Crippen LogP contribution in [0, 0.1) is 17.3 Å². The number of aliphatic hydroxyl groups is 1.